The Balaban J connectivity index is 2.21. The number of hydrogen-bond donors (Lipinski definition) is 1. The van der Waals surface area contributed by atoms with Crippen molar-refractivity contribution >= 4 is 17.7 Å². The summed E-state index contributed by atoms with van der Waals surface area (Å²) in [5.74, 6) is 0.763. The summed E-state index contributed by atoms with van der Waals surface area (Å²) in [4.78, 5) is 13.8. The molecule has 0 spiro atoms. The molecule has 0 saturated carbocycles. The van der Waals surface area contributed by atoms with E-state index in [1.54, 1.807) is 30.0 Å². The molecule has 0 fully saturated rings. The molecule has 5 heteroatoms. The van der Waals surface area contributed by atoms with Crippen LogP contribution in [0.25, 0.3) is 0 Å². The number of thioether (sulfide) groups is 1. The zero-order valence-corrected chi connectivity index (χ0v) is 14.6. The first-order chi connectivity index (χ1) is 11.1. The number of amides is 1. The van der Waals surface area contributed by atoms with Crippen LogP contribution in [0.2, 0.25) is 0 Å². The van der Waals surface area contributed by atoms with E-state index in [2.05, 4.69) is 5.32 Å². The number of nitrogens with one attached hydrogen (secondary N) is 1. The second-order valence-electron chi connectivity index (χ2n) is 5.01. The van der Waals surface area contributed by atoms with Crippen LogP contribution in [0.3, 0.4) is 0 Å². The van der Waals surface area contributed by atoms with Crippen LogP contribution in [0.4, 0.5) is 0 Å². The number of benzene rings is 2. The quantitative estimate of drug-likeness (QED) is 0.815. The van der Waals surface area contributed by atoms with Crippen LogP contribution in [0.15, 0.2) is 47.4 Å². The van der Waals surface area contributed by atoms with Gasteiger partial charge in [0.1, 0.15) is 17.1 Å². The molecule has 0 aliphatic rings. The molecule has 1 atom stereocenters. The summed E-state index contributed by atoms with van der Waals surface area (Å²) in [5.41, 5.74) is 1.45. The molecule has 0 bridgehead atoms. The van der Waals surface area contributed by atoms with Gasteiger partial charge in [0, 0.05) is 4.90 Å². The van der Waals surface area contributed by atoms with Gasteiger partial charge in [0.15, 0.2) is 0 Å². The number of ether oxygens (including phenoxy) is 2. The SMILES string of the molecule is COc1cccc(OC)c1C(=O)N[C@H](C)c1ccc(SC)cc1. The van der Waals surface area contributed by atoms with Crippen molar-refractivity contribution in [3.63, 3.8) is 0 Å². The number of methoxy groups -OCH3 is 2. The van der Waals surface area contributed by atoms with E-state index in [-0.39, 0.29) is 11.9 Å². The molecule has 0 heterocycles. The lowest BCUT2D eigenvalue weighted by Crippen LogP contribution is -2.27. The van der Waals surface area contributed by atoms with Gasteiger partial charge in [-0.1, -0.05) is 18.2 Å². The monoisotopic (exact) mass is 331 g/mol. The van der Waals surface area contributed by atoms with Crippen LogP contribution < -0.4 is 14.8 Å². The van der Waals surface area contributed by atoms with Gasteiger partial charge in [-0.15, -0.1) is 11.8 Å². The second kappa shape index (κ2) is 7.92. The normalized spacial score (nSPS) is 11.7. The highest BCUT2D eigenvalue weighted by molar-refractivity contribution is 7.98. The van der Waals surface area contributed by atoms with Gasteiger partial charge in [-0.2, -0.15) is 0 Å². The third kappa shape index (κ3) is 3.99. The molecule has 0 unspecified atom stereocenters. The Bertz CT molecular complexity index is 648. The third-order valence-corrected chi connectivity index (χ3v) is 4.36. The fraction of sp³-hybridized carbons (Fsp3) is 0.278. The highest BCUT2D eigenvalue weighted by Crippen LogP contribution is 2.29. The molecular formula is C18H21NO3S. The van der Waals surface area contributed by atoms with Crippen molar-refractivity contribution in [1.29, 1.82) is 0 Å². The summed E-state index contributed by atoms with van der Waals surface area (Å²) >= 11 is 1.69. The maximum atomic E-state index is 12.6. The Hall–Kier alpha value is -2.14. The van der Waals surface area contributed by atoms with E-state index in [1.807, 2.05) is 37.4 Å². The van der Waals surface area contributed by atoms with Crippen molar-refractivity contribution in [3.8, 4) is 11.5 Å². The molecule has 0 aromatic heterocycles. The van der Waals surface area contributed by atoms with E-state index in [4.69, 9.17) is 9.47 Å². The van der Waals surface area contributed by atoms with Gasteiger partial charge in [0.05, 0.1) is 20.3 Å². The van der Waals surface area contributed by atoms with E-state index in [0.29, 0.717) is 17.1 Å². The molecule has 0 aliphatic carbocycles. The van der Waals surface area contributed by atoms with Gasteiger partial charge >= 0.3 is 0 Å². The van der Waals surface area contributed by atoms with E-state index >= 15 is 0 Å². The fourth-order valence-electron chi connectivity index (χ4n) is 2.32. The van der Waals surface area contributed by atoms with Crippen molar-refractivity contribution in [2.75, 3.05) is 20.5 Å². The summed E-state index contributed by atoms with van der Waals surface area (Å²) in [7, 11) is 3.08. The number of carbonyl (C=O) groups is 1. The minimum atomic E-state index is -0.222. The molecule has 23 heavy (non-hydrogen) atoms. The van der Waals surface area contributed by atoms with E-state index in [9.17, 15) is 4.79 Å². The van der Waals surface area contributed by atoms with E-state index < -0.39 is 0 Å². The summed E-state index contributed by atoms with van der Waals surface area (Å²) in [6, 6.07) is 13.3. The average Bonchev–Trinajstić information content (AvgIpc) is 2.60. The van der Waals surface area contributed by atoms with Crippen molar-refractivity contribution in [1.82, 2.24) is 5.32 Å². The zero-order chi connectivity index (χ0) is 16.8. The Morgan fingerprint density at radius 2 is 1.61 bits per heavy atom. The van der Waals surface area contributed by atoms with Crippen LogP contribution in [-0.4, -0.2) is 26.4 Å². The topological polar surface area (TPSA) is 47.6 Å². The molecule has 1 amide bonds. The van der Waals surface area contributed by atoms with E-state index in [1.165, 1.54) is 19.1 Å². The Labute approximate surface area is 141 Å². The first kappa shape index (κ1) is 17.2. The van der Waals surface area contributed by atoms with Gasteiger partial charge in [-0.25, -0.2) is 0 Å². The smallest absolute Gasteiger partial charge is 0.259 e. The first-order valence-electron chi connectivity index (χ1n) is 7.26. The van der Waals surface area contributed by atoms with Crippen molar-refractivity contribution in [2.24, 2.45) is 0 Å². The molecule has 4 nitrogen and oxygen atoms in total. The molecule has 0 radical (unpaired) electrons. The predicted molar refractivity (Wildman–Crippen MR) is 93.7 cm³/mol. The molecule has 0 aliphatic heterocycles. The number of rotatable bonds is 6. The van der Waals surface area contributed by atoms with Crippen LogP contribution >= 0.6 is 11.8 Å². The van der Waals surface area contributed by atoms with Crippen molar-refractivity contribution in [2.45, 2.75) is 17.9 Å². The molecule has 122 valence electrons. The maximum Gasteiger partial charge on any atom is 0.259 e. The molecule has 0 saturated heterocycles. The zero-order valence-electron chi connectivity index (χ0n) is 13.8. The fourth-order valence-corrected chi connectivity index (χ4v) is 2.73. The molecule has 2 aromatic rings. The van der Waals surface area contributed by atoms with Crippen LogP contribution in [0.1, 0.15) is 28.9 Å². The first-order valence-corrected chi connectivity index (χ1v) is 8.49. The lowest BCUT2D eigenvalue weighted by molar-refractivity contribution is 0.0933. The third-order valence-electron chi connectivity index (χ3n) is 3.62. The van der Waals surface area contributed by atoms with Crippen molar-refractivity contribution < 1.29 is 14.3 Å². The van der Waals surface area contributed by atoms with E-state index in [0.717, 1.165) is 5.56 Å². The highest BCUT2D eigenvalue weighted by atomic mass is 32.2. The summed E-state index contributed by atoms with van der Waals surface area (Å²) in [6.45, 7) is 1.95. The standard InChI is InChI=1S/C18H21NO3S/c1-12(13-8-10-14(23-4)11-9-13)19-18(20)17-15(21-2)6-5-7-16(17)22-3/h5-12H,1-4H3,(H,19,20)/t12-/m1/s1. The van der Waals surface area contributed by atoms with Gasteiger partial charge in [0.25, 0.3) is 5.91 Å². The number of hydrogen-bond acceptors (Lipinski definition) is 4. The predicted octanol–water partition coefficient (Wildman–Crippen LogP) is 3.92. The van der Waals surface area contributed by atoms with Gasteiger partial charge in [0.2, 0.25) is 0 Å². The molecule has 2 rings (SSSR count). The van der Waals surface area contributed by atoms with Crippen LogP contribution in [0, 0.1) is 0 Å². The number of carbonyl (C=O) groups excluding carboxylic acids is 1. The average molecular weight is 331 g/mol. The summed E-state index contributed by atoms with van der Waals surface area (Å²) in [6.07, 6.45) is 2.04. The minimum Gasteiger partial charge on any atom is -0.496 e. The lowest BCUT2D eigenvalue weighted by atomic mass is 10.1. The molecular weight excluding hydrogens is 310 g/mol. The maximum absolute atomic E-state index is 12.6. The Morgan fingerprint density at radius 1 is 1.04 bits per heavy atom. The molecule has 2 aromatic carbocycles. The molecule has 1 N–H and O–H groups in total. The van der Waals surface area contributed by atoms with Gasteiger partial charge < -0.3 is 14.8 Å². The largest absolute Gasteiger partial charge is 0.496 e. The van der Waals surface area contributed by atoms with Crippen LogP contribution in [0.5, 0.6) is 11.5 Å². The Kier molecular flexibility index (Phi) is 5.93. The lowest BCUT2D eigenvalue weighted by Gasteiger charge is -2.17. The highest BCUT2D eigenvalue weighted by Gasteiger charge is 2.20. The summed E-state index contributed by atoms with van der Waals surface area (Å²) < 4.78 is 10.6. The van der Waals surface area contributed by atoms with Crippen molar-refractivity contribution in [3.05, 3.63) is 53.6 Å². The minimum absolute atomic E-state index is 0.118. The van der Waals surface area contributed by atoms with Crippen LogP contribution in [-0.2, 0) is 0 Å². The Morgan fingerprint density at radius 3 is 2.09 bits per heavy atom. The summed E-state index contributed by atoms with van der Waals surface area (Å²) in [5, 5.41) is 2.99. The second-order valence-corrected chi connectivity index (χ2v) is 5.89. The van der Waals surface area contributed by atoms with Gasteiger partial charge in [-0.05, 0) is 43.0 Å². The van der Waals surface area contributed by atoms with Gasteiger partial charge in [-0.3, -0.25) is 4.79 Å².